The Bertz CT molecular complexity index is 1230. The van der Waals surface area contributed by atoms with Gasteiger partial charge >= 0.3 is 11.9 Å². The van der Waals surface area contributed by atoms with E-state index in [-0.39, 0.29) is 19.0 Å². The smallest absolute Gasteiger partial charge is 0.339 e. The second-order valence-electron chi connectivity index (χ2n) is 7.85. The molecule has 1 aliphatic carbocycles. The molecule has 34 heavy (non-hydrogen) atoms. The molecule has 0 fully saturated rings. The van der Waals surface area contributed by atoms with Crippen molar-refractivity contribution in [3.8, 4) is 0 Å². The summed E-state index contributed by atoms with van der Waals surface area (Å²) in [6.07, 6.45) is 4.29. The summed E-state index contributed by atoms with van der Waals surface area (Å²) >= 11 is 1.66. The van der Waals surface area contributed by atoms with Gasteiger partial charge in [-0.1, -0.05) is 24.3 Å². The van der Waals surface area contributed by atoms with Crippen LogP contribution in [0, 0.1) is 0 Å². The van der Waals surface area contributed by atoms with E-state index < -0.39 is 11.9 Å². The van der Waals surface area contributed by atoms with Gasteiger partial charge in [0.2, 0.25) is 0 Å². The standard InChI is InChI=1S/C26H26N2O5S/c1-2-32-23(30)10-5-13-27-22(29)16-33-26(31)24-19-8-3-4-9-21(19)28-25-17(11-12-20(24)25)15-18-7-6-14-34-18/h3-4,6-9,14-15H,2,5,10-13,16H2,1H3,(H,27,29)/b17-15+. The molecule has 2 aromatic heterocycles. The molecule has 0 atom stereocenters. The van der Waals surface area contributed by atoms with Gasteiger partial charge in [-0.25, -0.2) is 9.78 Å². The topological polar surface area (TPSA) is 94.6 Å². The molecule has 0 spiro atoms. The predicted molar refractivity (Wildman–Crippen MR) is 131 cm³/mol. The van der Waals surface area contributed by atoms with E-state index in [1.54, 1.807) is 18.3 Å². The van der Waals surface area contributed by atoms with Gasteiger partial charge in [0.15, 0.2) is 6.61 Å². The van der Waals surface area contributed by atoms with E-state index >= 15 is 0 Å². The van der Waals surface area contributed by atoms with Crippen LogP contribution >= 0.6 is 11.3 Å². The first-order valence-corrected chi connectivity index (χ1v) is 12.2. The highest BCUT2D eigenvalue weighted by atomic mass is 32.1. The lowest BCUT2D eigenvalue weighted by atomic mass is 10.0. The number of aromatic nitrogens is 1. The maximum atomic E-state index is 13.1. The zero-order chi connectivity index (χ0) is 23.9. The largest absolute Gasteiger partial charge is 0.466 e. The molecule has 0 unspecified atom stereocenters. The second kappa shape index (κ2) is 11.1. The number of esters is 2. The van der Waals surface area contributed by atoms with Gasteiger partial charge in [-0.3, -0.25) is 9.59 Å². The van der Waals surface area contributed by atoms with Crippen LogP contribution in [0.2, 0.25) is 0 Å². The van der Waals surface area contributed by atoms with Crippen LogP contribution in [0.5, 0.6) is 0 Å². The second-order valence-corrected chi connectivity index (χ2v) is 8.83. The summed E-state index contributed by atoms with van der Waals surface area (Å²) in [5.41, 5.74) is 3.97. The maximum absolute atomic E-state index is 13.1. The van der Waals surface area contributed by atoms with Gasteiger partial charge in [-0.15, -0.1) is 11.3 Å². The summed E-state index contributed by atoms with van der Waals surface area (Å²) in [5.74, 6) is -1.24. The molecule has 1 amide bonds. The first kappa shape index (κ1) is 23.6. The fourth-order valence-electron chi connectivity index (χ4n) is 4.01. The Balaban J connectivity index is 1.47. The molecule has 1 N–H and O–H groups in total. The summed E-state index contributed by atoms with van der Waals surface area (Å²) in [5, 5.41) is 5.41. The van der Waals surface area contributed by atoms with E-state index in [1.165, 1.54) is 0 Å². The van der Waals surface area contributed by atoms with Crippen molar-refractivity contribution in [2.75, 3.05) is 19.8 Å². The zero-order valence-electron chi connectivity index (χ0n) is 19.0. The zero-order valence-corrected chi connectivity index (χ0v) is 19.8. The number of carbonyl (C=O) groups excluding carboxylic acids is 3. The Morgan fingerprint density at radius 2 is 1.97 bits per heavy atom. The Labute approximate surface area is 201 Å². The van der Waals surface area contributed by atoms with Gasteiger partial charge in [0.05, 0.1) is 23.4 Å². The molecule has 0 radical (unpaired) electrons. The number of ether oxygens (including phenoxy) is 2. The number of benzene rings is 1. The van der Waals surface area contributed by atoms with Gasteiger partial charge in [-0.2, -0.15) is 0 Å². The van der Waals surface area contributed by atoms with Crippen molar-refractivity contribution in [1.82, 2.24) is 10.3 Å². The number of pyridine rings is 1. The molecule has 0 aliphatic heterocycles. The summed E-state index contributed by atoms with van der Waals surface area (Å²) < 4.78 is 10.2. The van der Waals surface area contributed by atoms with Gasteiger partial charge in [-0.05, 0) is 60.9 Å². The lowest BCUT2D eigenvalue weighted by Crippen LogP contribution is -2.30. The van der Waals surface area contributed by atoms with E-state index in [2.05, 4.69) is 17.5 Å². The minimum absolute atomic E-state index is 0.227. The van der Waals surface area contributed by atoms with E-state index in [1.807, 2.05) is 35.7 Å². The highest BCUT2D eigenvalue weighted by Crippen LogP contribution is 2.38. The quantitative estimate of drug-likeness (QED) is 0.362. The fraction of sp³-hybridized carbons (Fsp3) is 0.308. The van der Waals surface area contributed by atoms with Crippen LogP contribution in [0.3, 0.4) is 0 Å². The van der Waals surface area contributed by atoms with E-state index in [9.17, 15) is 14.4 Å². The molecule has 3 aromatic rings. The van der Waals surface area contributed by atoms with E-state index in [0.717, 1.165) is 39.0 Å². The molecule has 0 bridgehead atoms. The molecule has 7 nitrogen and oxygen atoms in total. The van der Waals surface area contributed by atoms with Crippen LogP contribution in [0.1, 0.15) is 52.7 Å². The maximum Gasteiger partial charge on any atom is 0.339 e. The van der Waals surface area contributed by atoms with Gasteiger partial charge in [0.1, 0.15) is 0 Å². The Kier molecular flexibility index (Phi) is 7.69. The number of allylic oxidation sites excluding steroid dienone is 1. The number of thiophene rings is 1. The van der Waals surface area contributed by atoms with Crippen molar-refractivity contribution in [2.24, 2.45) is 0 Å². The van der Waals surface area contributed by atoms with Crippen molar-refractivity contribution < 1.29 is 23.9 Å². The number of hydrogen-bond acceptors (Lipinski definition) is 7. The molecule has 1 aromatic carbocycles. The van der Waals surface area contributed by atoms with E-state index in [0.29, 0.717) is 31.6 Å². The number of nitrogens with one attached hydrogen (secondary N) is 1. The van der Waals surface area contributed by atoms with Gasteiger partial charge < -0.3 is 14.8 Å². The van der Waals surface area contributed by atoms with Crippen LogP contribution in [0.15, 0.2) is 41.8 Å². The summed E-state index contributed by atoms with van der Waals surface area (Å²) in [6, 6.07) is 11.5. The monoisotopic (exact) mass is 478 g/mol. The minimum Gasteiger partial charge on any atom is -0.466 e. The number of para-hydroxylation sites is 1. The normalized spacial score (nSPS) is 13.6. The molecular formula is C26H26N2O5S. The van der Waals surface area contributed by atoms with Crippen LogP contribution in [-0.2, 0) is 25.5 Å². The van der Waals surface area contributed by atoms with Crippen molar-refractivity contribution in [1.29, 1.82) is 0 Å². The average Bonchev–Trinajstić information content (AvgIpc) is 3.49. The fourth-order valence-corrected chi connectivity index (χ4v) is 4.69. The molecule has 0 saturated heterocycles. The molecule has 2 heterocycles. The van der Waals surface area contributed by atoms with Crippen LogP contribution < -0.4 is 5.32 Å². The van der Waals surface area contributed by atoms with Crippen molar-refractivity contribution >= 4 is 51.7 Å². The van der Waals surface area contributed by atoms with Gasteiger partial charge in [0.25, 0.3) is 5.91 Å². The molecule has 8 heteroatoms. The summed E-state index contributed by atoms with van der Waals surface area (Å²) in [4.78, 5) is 42.6. The molecule has 4 rings (SSSR count). The van der Waals surface area contributed by atoms with Crippen molar-refractivity contribution in [2.45, 2.75) is 32.6 Å². The first-order valence-electron chi connectivity index (χ1n) is 11.3. The number of fused-ring (bicyclic) bond motifs is 2. The minimum atomic E-state index is -0.533. The van der Waals surface area contributed by atoms with Crippen LogP contribution in [0.4, 0.5) is 0 Å². The lowest BCUT2D eigenvalue weighted by molar-refractivity contribution is -0.143. The summed E-state index contributed by atoms with van der Waals surface area (Å²) in [6.45, 7) is 2.00. The number of amides is 1. The third-order valence-corrected chi connectivity index (χ3v) is 6.34. The number of nitrogens with zero attached hydrogens (tertiary/aromatic N) is 1. The van der Waals surface area contributed by atoms with Crippen LogP contribution in [0.25, 0.3) is 22.6 Å². The van der Waals surface area contributed by atoms with Crippen LogP contribution in [-0.4, -0.2) is 42.6 Å². The molecule has 0 saturated carbocycles. The number of rotatable bonds is 9. The van der Waals surface area contributed by atoms with Crippen molar-refractivity contribution in [3.63, 3.8) is 0 Å². The lowest BCUT2D eigenvalue weighted by Gasteiger charge is -2.12. The first-order chi connectivity index (χ1) is 16.6. The number of hydrogen-bond donors (Lipinski definition) is 1. The third-order valence-electron chi connectivity index (χ3n) is 5.53. The third kappa shape index (κ3) is 5.51. The summed E-state index contributed by atoms with van der Waals surface area (Å²) in [7, 11) is 0. The molecular weight excluding hydrogens is 452 g/mol. The number of carbonyl (C=O) groups is 3. The molecule has 176 valence electrons. The SMILES string of the molecule is CCOC(=O)CCCNC(=O)COC(=O)c1c2c(nc3ccccc13)/C(=C/c1cccs1)CC2. The predicted octanol–water partition coefficient (Wildman–Crippen LogP) is 4.40. The highest BCUT2D eigenvalue weighted by Gasteiger charge is 2.28. The average molecular weight is 479 g/mol. The highest BCUT2D eigenvalue weighted by molar-refractivity contribution is 7.10. The Hall–Kier alpha value is -3.52. The molecule has 1 aliphatic rings. The van der Waals surface area contributed by atoms with Crippen molar-refractivity contribution in [3.05, 3.63) is 63.5 Å². The van der Waals surface area contributed by atoms with E-state index in [4.69, 9.17) is 14.5 Å². The Morgan fingerprint density at radius 3 is 2.76 bits per heavy atom. The van der Waals surface area contributed by atoms with Gasteiger partial charge in [0, 0.05) is 23.2 Å². The Morgan fingerprint density at radius 1 is 1.12 bits per heavy atom.